The van der Waals surface area contributed by atoms with Crippen LogP contribution in [0.25, 0.3) is 0 Å². The van der Waals surface area contributed by atoms with E-state index in [1.807, 2.05) is 30.3 Å². The maximum atomic E-state index is 5.50. The highest BCUT2D eigenvalue weighted by molar-refractivity contribution is 5.61. The molecule has 0 bridgehead atoms. The molecular weight excluding hydrogens is 296 g/mol. The van der Waals surface area contributed by atoms with Crippen LogP contribution in [0.3, 0.4) is 0 Å². The molecule has 0 saturated heterocycles. The van der Waals surface area contributed by atoms with Crippen LogP contribution in [0.4, 0.5) is 5.69 Å². The van der Waals surface area contributed by atoms with Crippen LogP contribution in [0.2, 0.25) is 0 Å². The van der Waals surface area contributed by atoms with Crippen molar-refractivity contribution in [3.05, 3.63) is 42.0 Å². The van der Waals surface area contributed by atoms with E-state index in [0.29, 0.717) is 29.5 Å². The van der Waals surface area contributed by atoms with Crippen LogP contribution in [0.5, 0.6) is 23.0 Å². The molecule has 0 amide bonds. The van der Waals surface area contributed by atoms with E-state index >= 15 is 0 Å². The number of benzene rings is 2. The van der Waals surface area contributed by atoms with Crippen LogP contribution >= 0.6 is 0 Å². The predicted molar refractivity (Wildman–Crippen MR) is 89.6 cm³/mol. The number of rotatable bonds is 8. The van der Waals surface area contributed by atoms with E-state index in [4.69, 9.17) is 18.9 Å². The molecule has 0 atom stereocenters. The second kappa shape index (κ2) is 8.14. The lowest BCUT2D eigenvalue weighted by Gasteiger charge is -2.19. The Morgan fingerprint density at radius 3 is 2.00 bits per heavy atom. The molecule has 6 heteroatoms. The molecule has 23 heavy (non-hydrogen) atoms. The van der Waals surface area contributed by atoms with Crippen molar-refractivity contribution in [2.24, 2.45) is 0 Å². The molecule has 0 aliphatic heterocycles. The number of nitrogens with one attached hydrogen (secondary N) is 2. The number of hydrogen-bond donors (Lipinski definition) is 2. The Labute approximate surface area is 136 Å². The average Bonchev–Trinajstić information content (AvgIpc) is 2.61. The Morgan fingerprint density at radius 1 is 0.783 bits per heavy atom. The summed E-state index contributed by atoms with van der Waals surface area (Å²) in [6.07, 6.45) is 0. The number of para-hydroxylation sites is 1. The van der Waals surface area contributed by atoms with Crippen molar-refractivity contribution in [1.29, 1.82) is 0 Å². The third-order valence-corrected chi connectivity index (χ3v) is 3.38. The molecule has 0 aliphatic rings. The average molecular weight is 318 g/mol. The first-order chi connectivity index (χ1) is 11.2. The number of hydrazine groups is 1. The van der Waals surface area contributed by atoms with Crippen LogP contribution in [-0.2, 0) is 6.54 Å². The molecule has 0 radical (unpaired) electrons. The van der Waals surface area contributed by atoms with Gasteiger partial charge in [-0.15, -0.1) is 0 Å². The van der Waals surface area contributed by atoms with E-state index in [1.54, 1.807) is 34.5 Å². The van der Waals surface area contributed by atoms with Crippen molar-refractivity contribution in [2.75, 3.05) is 33.9 Å². The molecular formula is C17H22N2O4. The van der Waals surface area contributed by atoms with Gasteiger partial charge < -0.3 is 24.4 Å². The Hall–Kier alpha value is -2.60. The Balaban J connectivity index is 2.25. The zero-order valence-electron chi connectivity index (χ0n) is 13.8. The van der Waals surface area contributed by atoms with Gasteiger partial charge in [-0.3, -0.25) is 0 Å². The fourth-order valence-corrected chi connectivity index (χ4v) is 2.30. The maximum Gasteiger partial charge on any atom is 0.203 e. The summed E-state index contributed by atoms with van der Waals surface area (Å²) in [6.45, 7) is 0.474. The number of hydrogen-bond acceptors (Lipinski definition) is 6. The second-order valence-electron chi connectivity index (χ2n) is 4.67. The van der Waals surface area contributed by atoms with Crippen molar-refractivity contribution >= 4 is 5.69 Å². The monoisotopic (exact) mass is 318 g/mol. The normalized spacial score (nSPS) is 10.1. The Kier molecular flexibility index (Phi) is 5.94. The van der Waals surface area contributed by atoms with Gasteiger partial charge >= 0.3 is 0 Å². The summed E-state index contributed by atoms with van der Waals surface area (Å²) in [4.78, 5) is 0. The number of methoxy groups -OCH3 is 4. The molecule has 6 nitrogen and oxygen atoms in total. The molecule has 0 fully saturated rings. The quantitative estimate of drug-likeness (QED) is 0.730. The van der Waals surface area contributed by atoms with Crippen LogP contribution in [-0.4, -0.2) is 28.4 Å². The first kappa shape index (κ1) is 16.8. The van der Waals surface area contributed by atoms with Crippen LogP contribution < -0.4 is 29.8 Å². The van der Waals surface area contributed by atoms with E-state index in [1.165, 1.54) is 0 Å². The van der Waals surface area contributed by atoms with Crippen molar-refractivity contribution in [1.82, 2.24) is 5.43 Å². The highest BCUT2D eigenvalue weighted by Gasteiger charge is 2.21. The molecule has 2 rings (SSSR count). The molecule has 124 valence electrons. The van der Waals surface area contributed by atoms with Crippen LogP contribution in [0.1, 0.15) is 5.56 Å². The van der Waals surface area contributed by atoms with Gasteiger partial charge in [0.2, 0.25) is 5.75 Å². The third-order valence-electron chi connectivity index (χ3n) is 3.38. The Bertz CT molecular complexity index is 632. The summed E-state index contributed by atoms with van der Waals surface area (Å²) in [5.74, 6) is 2.32. The molecule has 0 aliphatic carbocycles. The summed E-state index contributed by atoms with van der Waals surface area (Å²) < 4.78 is 21.7. The largest absolute Gasteiger partial charge is 0.496 e. The minimum Gasteiger partial charge on any atom is -0.496 e. The van der Waals surface area contributed by atoms with Gasteiger partial charge in [-0.25, -0.2) is 5.43 Å². The fourth-order valence-electron chi connectivity index (χ4n) is 2.30. The molecule has 2 N–H and O–H groups in total. The molecule has 0 unspecified atom stereocenters. The molecule has 0 heterocycles. The van der Waals surface area contributed by atoms with E-state index in [0.717, 1.165) is 11.3 Å². The van der Waals surface area contributed by atoms with Gasteiger partial charge in [0, 0.05) is 18.3 Å². The highest BCUT2D eigenvalue weighted by atomic mass is 16.5. The van der Waals surface area contributed by atoms with Crippen molar-refractivity contribution in [2.45, 2.75) is 6.54 Å². The van der Waals surface area contributed by atoms with Gasteiger partial charge in [0.15, 0.2) is 11.5 Å². The van der Waals surface area contributed by atoms with Crippen molar-refractivity contribution in [3.8, 4) is 23.0 Å². The molecule has 0 aromatic heterocycles. The minimum absolute atomic E-state index is 0.474. The lowest BCUT2D eigenvalue weighted by molar-refractivity contribution is 0.314. The third kappa shape index (κ3) is 3.78. The lowest BCUT2D eigenvalue weighted by atomic mass is 10.1. The van der Waals surface area contributed by atoms with E-state index in [9.17, 15) is 0 Å². The summed E-state index contributed by atoms with van der Waals surface area (Å²) in [7, 11) is 6.34. The fraction of sp³-hybridized carbons (Fsp3) is 0.294. The molecule has 0 spiro atoms. The van der Waals surface area contributed by atoms with Gasteiger partial charge in [-0.1, -0.05) is 18.2 Å². The smallest absolute Gasteiger partial charge is 0.203 e. The van der Waals surface area contributed by atoms with E-state index in [2.05, 4.69) is 10.9 Å². The Morgan fingerprint density at radius 2 is 1.43 bits per heavy atom. The second-order valence-corrected chi connectivity index (χ2v) is 4.67. The molecule has 2 aromatic carbocycles. The first-order valence-corrected chi connectivity index (χ1v) is 7.14. The van der Waals surface area contributed by atoms with Gasteiger partial charge in [-0.2, -0.15) is 0 Å². The van der Waals surface area contributed by atoms with Crippen molar-refractivity contribution < 1.29 is 18.9 Å². The number of anilines is 1. The standard InChI is InChI=1S/C17H22N2O4/c1-20-14-10-15(21-2)17(23-4)16(22-3)13(14)11-18-19-12-8-6-5-7-9-12/h5-10,18-19H,11H2,1-4H3. The van der Waals surface area contributed by atoms with E-state index < -0.39 is 0 Å². The van der Waals surface area contributed by atoms with Gasteiger partial charge in [0.05, 0.1) is 34.0 Å². The summed E-state index contributed by atoms with van der Waals surface area (Å²) >= 11 is 0. The summed E-state index contributed by atoms with van der Waals surface area (Å²) in [6, 6.07) is 11.6. The van der Waals surface area contributed by atoms with E-state index in [-0.39, 0.29) is 0 Å². The SMILES string of the molecule is COc1cc(OC)c(OC)c(OC)c1CNNc1ccccc1. The summed E-state index contributed by atoms with van der Waals surface area (Å²) in [5, 5.41) is 0. The maximum absolute atomic E-state index is 5.50. The number of ether oxygens (including phenoxy) is 4. The lowest BCUT2D eigenvalue weighted by Crippen LogP contribution is -2.21. The van der Waals surface area contributed by atoms with Gasteiger partial charge in [-0.05, 0) is 12.1 Å². The zero-order chi connectivity index (χ0) is 16.7. The zero-order valence-corrected chi connectivity index (χ0v) is 13.8. The summed E-state index contributed by atoms with van der Waals surface area (Å²) in [5.41, 5.74) is 8.07. The van der Waals surface area contributed by atoms with Gasteiger partial charge in [0.25, 0.3) is 0 Å². The predicted octanol–water partition coefficient (Wildman–Crippen LogP) is 2.84. The first-order valence-electron chi connectivity index (χ1n) is 7.14. The topological polar surface area (TPSA) is 61.0 Å². The minimum atomic E-state index is 0.474. The van der Waals surface area contributed by atoms with Crippen LogP contribution in [0, 0.1) is 0 Å². The van der Waals surface area contributed by atoms with Crippen molar-refractivity contribution in [3.63, 3.8) is 0 Å². The highest BCUT2D eigenvalue weighted by Crippen LogP contribution is 2.44. The molecule has 0 saturated carbocycles. The van der Waals surface area contributed by atoms with Crippen LogP contribution in [0.15, 0.2) is 36.4 Å². The van der Waals surface area contributed by atoms with Gasteiger partial charge in [0.1, 0.15) is 5.75 Å². The molecule has 2 aromatic rings.